The minimum atomic E-state index is -0.250. The van der Waals surface area contributed by atoms with Crippen LogP contribution in [-0.4, -0.2) is 100 Å². The number of carbonyl (C=O) groups is 2. The second-order valence-electron chi connectivity index (χ2n) is 7.95. The molecule has 0 amide bonds. The van der Waals surface area contributed by atoms with Crippen LogP contribution < -0.4 is 4.90 Å². The predicted octanol–water partition coefficient (Wildman–Crippen LogP) is 1.34. The molecule has 0 saturated carbocycles. The van der Waals surface area contributed by atoms with E-state index in [-0.39, 0.29) is 18.5 Å². The third-order valence-corrected chi connectivity index (χ3v) is 6.04. The van der Waals surface area contributed by atoms with Gasteiger partial charge in [0.1, 0.15) is 11.8 Å². The highest BCUT2D eigenvalue weighted by molar-refractivity contribution is 5.85. The standard InChI is InChI=1S/C19H28N6.2CH2O2/c1-15-5-6-16-17(22-15)18(21-14-20-16)25-10-4-9-24(3)19(13-25)7-11-23(2)12-8-19;2*2-1-3/h5-6,14H,4,7-13H2,1-3H3;2*1H,(H,2,3). The summed E-state index contributed by atoms with van der Waals surface area (Å²) in [4.78, 5) is 38.1. The Morgan fingerprint density at radius 3 is 2.29 bits per heavy atom. The van der Waals surface area contributed by atoms with Gasteiger partial charge in [0, 0.05) is 30.9 Å². The number of aryl methyl sites for hydroxylation is 1. The first-order valence-electron chi connectivity index (χ1n) is 10.3. The molecule has 2 aromatic heterocycles. The molecule has 10 nitrogen and oxygen atoms in total. The Bertz CT molecular complexity index is 851. The number of anilines is 1. The zero-order valence-electron chi connectivity index (χ0n) is 18.4. The average molecular weight is 433 g/mol. The lowest BCUT2D eigenvalue weighted by Gasteiger charge is -2.47. The zero-order valence-corrected chi connectivity index (χ0v) is 18.4. The van der Waals surface area contributed by atoms with Crippen molar-refractivity contribution in [2.45, 2.75) is 31.7 Å². The molecule has 0 bridgehead atoms. The van der Waals surface area contributed by atoms with Crippen molar-refractivity contribution in [3.8, 4) is 0 Å². The van der Waals surface area contributed by atoms with Crippen LogP contribution in [0.25, 0.3) is 11.0 Å². The van der Waals surface area contributed by atoms with E-state index in [2.05, 4.69) is 44.8 Å². The van der Waals surface area contributed by atoms with Gasteiger partial charge in [-0.05, 0) is 65.5 Å². The maximum absolute atomic E-state index is 8.36. The summed E-state index contributed by atoms with van der Waals surface area (Å²) in [5, 5.41) is 13.8. The second kappa shape index (κ2) is 11.5. The van der Waals surface area contributed by atoms with Crippen molar-refractivity contribution in [3.05, 3.63) is 24.2 Å². The first-order chi connectivity index (χ1) is 14.9. The third-order valence-electron chi connectivity index (χ3n) is 6.04. The Labute approximate surface area is 182 Å². The monoisotopic (exact) mass is 432 g/mol. The summed E-state index contributed by atoms with van der Waals surface area (Å²) < 4.78 is 0. The summed E-state index contributed by atoms with van der Waals surface area (Å²) in [6.45, 7) is 7.07. The molecule has 2 aromatic rings. The lowest BCUT2D eigenvalue weighted by Crippen LogP contribution is -2.57. The van der Waals surface area contributed by atoms with Crippen molar-refractivity contribution in [3.63, 3.8) is 0 Å². The molecule has 2 N–H and O–H groups in total. The Morgan fingerprint density at radius 2 is 1.65 bits per heavy atom. The highest BCUT2D eigenvalue weighted by Gasteiger charge is 2.40. The molecule has 2 aliphatic rings. The summed E-state index contributed by atoms with van der Waals surface area (Å²) in [6, 6.07) is 4.08. The van der Waals surface area contributed by atoms with Gasteiger partial charge in [-0.2, -0.15) is 0 Å². The second-order valence-corrected chi connectivity index (χ2v) is 7.95. The summed E-state index contributed by atoms with van der Waals surface area (Å²) in [6.07, 6.45) is 5.27. The summed E-state index contributed by atoms with van der Waals surface area (Å²) >= 11 is 0. The van der Waals surface area contributed by atoms with Gasteiger partial charge in [-0.3, -0.25) is 14.5 Å². The van der Waals surface area contributed by atoms with Gasteiger partial charge in [0.05, 0.1) is 5.52 Å². The summed E-state index contributed by atoms with van der Waals surface area (Å²) in [7, 11) is 4.53. The molecule has 2 fully saturated rings. The normalized spacial score (nSPS) is 18.9. The van der Waals surface area contributed by atoms with Crippen LogP contribution in [0.4, 0.5) is 5.82 Å². The highest BCUT2D eigenvalue weighted by Crippen LogP contribution is 2.33. The number of rotatable bonds is 1. The Morgan fingerprint density at radius 1 is 1.00 bits per heavy atom. The van der Waals surface area contributed by atoms with E-state index in [1.807, 2.05) is 13.0 Å². The van der Waals surface area contributed by atoms with Gasteiger partial charge in [0.15, 0.2) is 5.82 Å². The average Bonchev–Trinajstić information content (AvgIpc) is 2.90. The van der Waals surface area contributed by atoms with Crippen LogP contribution >= 0.6 is 0 Å². The number of aromatic nitrogens is 3. The number of hydrogen-bond acceptors (Lipinski definition) is 8. The molecule has 2 saturated heterocycles. The number of nitrogens with zero attached hydrogens (tertiary/aromatic N) is 6. The fourth-order valence-electron chi connectivity index (χ4n) is 4.30. The van der Waals surface area contributed by atoms with E-state index in [1.165, 1.54) is 25.9 Å². The summed E-state index contributed by atoms with van der Waals surface area (Å²) in [5.41, 5.74) is 3.13. The van der Waals surface area contributed by atoms with E-state index in [0.29, 0.717) is 0 Å². The van der Waals surface area contributed by atoms with E-state index in [9.17, 15) is 0 Å². The third kappa shape index (κ3) is 6.08. The van der Waals surface area contributed by atoms with Crippen molar-refractivity contribution in [1.29, 1.82) is 0 Å². The lowest BCUT2D eigenvalue weighted by atomic mass is 9.85. The van der Waals surface area contributed by atoms with E-state index >= 15 is 0 Å². The molecule has 0 atom stereocenters. The molecular formula is C21H32N6O4. The Balaban J connectivity index is 0.000000513. The molecule has 0 aliphatic carbocycles. The molecule has 4 heterocycles. The van der Waals surface area contributed by atoms with Crippen molar-refractivity contribution >= 4 is 29.8 Å². The first kappa shape index (κ1) is 24.4. The number of pyridine rings is 1. The van der Waals surface area contributed by atoms with Gasteiger partial charge in [-0.15, -0.1) is 0 Å². The molecule has 10 heteroatoms. The highest BCUT2D eigenvalue weighted by atomic mass is 16.3. The zero-order chi connectivity index (χ0) is 22.9. The Hall–Kier alpha value is -2.85. The number of carboxylic acid groups (broad SMARTS) is 2. The number of likely N-dealkylation sites (tertiary alicyclic amines) is 1. The van der Waals surface area contributed by atoms with Gasteiger partial charge >= 0.3 is 0 Å². The first-order valence-corrected chi connectivity index (χ1v) is 10.3. The van der Waals surface area contributed by atoms with E-state index in [0.717, 1.165) is 48.6 Å². The number of fused-ring (bicyclic) bond motifs is 1. The minimum absolute atomic E-state index is 0.240. The smallest absolute Gasteiger partial charge is 0.290 e. The maximum atomic E-state index is 8.36. The van der Waals surface area contributed by atoms with Gasteiger partial charge in [0.25, 0.3) is 12.9 Å². The maximum Gasteiger partial charge on any atom is 0.290 e. The Kier molecular flexibility index (Phi) is 9.07. The molecule has 1 spiro atoms. The molecule has 2 aliphatic heterocycles. The lowest BCUT2D eigenvalue weighted by molar-refractivity contribution is -0.123. The predicted molar refractivity (Wildman–Crippen MR) is 118 cm³/mol. The summed E-state index contributed by atoms with van der Waals surface area (Å²) in [5.74, 6) is 1.00. The van der Waals surface area contributed by atoms with Crippen molar-refractivity contribution in [2.24, 2.45) is 0 Å². The van der Waals surface area contributed by atoms with Gasteiger partial charge in [-0.1, -0.05) is 0 Å². The number of piperidine rings is 1. The number of likely N-dealkylation sites (N-methyl/N-ethyl adjacent to an activating group) is 1. The van der Waals surface area contributed by atoms with Crippen molar-refractivity contribution in [1.82, 2.24) is 24.8 Å². The van der Waals surface area contributed by atoms with Crippen LogP contribution in [0.1, 0.15) is 25.0 Å². The number of hydrogen-bond donors (Lipinski definition) is 2. The van der Waals surface area contributed by atoms with Crippen molar-refractivity contribution < 1.29 is 19.8 Å². The molecule has 31 heavy (non-hydrogen) atoms. The largest absolute Gasteiger partial charge is 0.483 e. The molecule has 170 valence electrons. The molecule has 0 radical (unpaired) electrons. The quantitative estimate of drug-likeness (QED) is 0.638. The van der Waals surface area contributed by atoms with E-state index in [1.54, 1.807) is 6.33 Å². The van der Waals surface area contributed by atoms with E-state index < -0.39 is 0 Å². The molecule has 0 unspecified atom stereocenters. The minimum Gasteiger partial charge on any atom is -0.483 e. The SMILES string of the molecule is Cc1ccc2ncnc(N3CCCN(C)C4(CCN(C)CC4)C3)c2n1.O=CO.O=CO. The van der Waals surface area contributed by atoms with Gasteiger partial charge < -0.3 is 20.0 Å². The van der Waals surface area contributed by atoms with Crippen LogP contribution in [-0.2, 0) is 9.59 Å². The molecular weight excluding hydrogens is 400 g/mol. The molecule has 0 aromatic carbocycles. The fourth-order valence-corrected chi connectivity index (χ4v) is 4.30. The van der Waals surface area contributed by atoms with Crippen LogP contribution in [0.2, 0.25) is 0 Å². The van der Waals surface area contributed by atoms with Gasteiger partial charge in [-0.25, -0.2) is 15.0 Å². The van der Waals surface area contributed by atoms with Crippen LogP contribution in [0, 0.1) is 6.92 Å². The fraction of sp³-hybridized carbons (Fsp3) is 0.571. The topological polar surface area (TPSA) is 123 Å². The van der Waals surface area contributed by atoms with Crippen molar-refractivity contribution in [2.75, 3.05) is 51.7 Å². The van der Waals surface area contributed by atoms with Crippen LogP contribution in [0.3, 0.4) is 0 Å². The van der Waals surface area contributed by atoms with Gasteiger partial charge in [0.2, 0.25) is 0 Å². The van der Waals surface area contributed by atoms with Crippen LogP contribution in [0.5, 0.6) is 0 Å². The van der Waals surface area contributed by atoms with Crippen LogP contribution in [0.15, 0.2) is 18.5 Å². The van der Waals surface area contributed by atoms with E-state index in [4.69, 9.17) is 24.8 Å². The molecule has 4 rings (SSSR count).